The Balaban J connectivity index is 2.60. The van der Waals surface area contributed by atoms with Gasteiger partial charge in [-0.1, -0.05) is 30.7 Å². The minimum Gasteiger partial charge on any atom is -0.408 e. The van der Waals surface area contributed by atoms with Gasteiger partial charge >= 0.3 is 5.97 Å². The zero-order valence-electron chi connectivity index (χ0n) is 10.6. The molecule has 100 valence electrons. The summed E-state index contributed by atoms with van der Waals surface area (Å²) in [5, 5.41) is 3.20. The van der Waals surface area contributed by atoms with Crippen LogP contribution < -0.4 is 10.3 Å². The summed E-state index contributed by atoms with van der Waals surface area (Å²) in [6.45, 7) is 3.10. The number of nitrogens with one attached hydrogen (secondary N) is 1. The fourth-order valence-electron chi connectivity index (χ4n) is 1.79. The summed E-state index contributed by atoms with van der Waals surface area (Å²) in [7, 11) is 0. The monoisotopic (exact) mass is 280 g/mol. The summed E-state index contributed by atoms with van der Waals surface area (Å²) in [5.41, 5.74) is 0.657. The Morgan fingerprint density at radius 2 is 2.11 bits per heavy atom. The maximum Gasteiger partial charge on any atom is 0.309 e. The number of H-pyrrole nitrogens is 1. The van der Waals surface area contributed by atoms with E-state index in [9.17, 15) is 9.59 Å². The second kappa shape index (κ2) is 5.32. The van der Waals surface area contributed by atoms with Gasteiger partial charge in [-0.15, -0.1) is 0 Å². The molecule has 0 fully saturated rings. The van der Waals surface area contributed by atoms with Crippen molar-refractivity contribution in [1.82, 2.24) is 9.78 Å². The van der Waals surface area contributed by atoms with Crippen molar-refractivity contribution in [2.75, 3.05) is 0 Å². The van der Waals surface area contributed by atoms with Gasteiger partial charge in [0, 0.05) is 6.92 Å². The number of hydrogen-bond donors (Lipinski definition) is 1. The van der Waals surface area contributed by atoms with Gasteiger partial charge in [0.15, 0.2) is 0 Å². The maximum atomic E-state index is 12.2. The van der Waals surface area contributed by atoms with Crippen molar-refractivity contribution in [2.45, 2.75) is 20.3 Å². The van der Waals surface area contributed by atoms with Crippen LogP contribution in [0, 0.1) is 0 Å². The van der Waals surface area contributed by atoms with Crippen LogP contribution in [0.2, 0.25) is 5.02 Å². The number of nitrogens with zero attached hydrogens (tertiary/aromatic N) is 1. The van der Waals surface area contributed by atoms with Crippen LogP contribution in [-0.4, -0.2) is 15.7 Å². The maximum absolute atomic E-state index is 12.2. The van der Waals surface area contributed by atoms with Gasteiger partial charge in [-0.2, -0.15) is 0 Å². The molecule has 0 radical (unpaired) electrons. The molecule has 0 bridgehead atoms. The minimum atomic E-state index is -0.484. The van der Waals surface area contributed by atoms with E-state index >= 15 is 0 Å². The summed E-state index contributed by atoms with van der Waals surface area (Å²) < 4.78 is 6.28. The molecule has 1 heterocycles. The molecule has 1 aromatic heterocycles. The number of carbonyl (C=O) groups excluding carboxylic acids is 1. The molecule has 0 saturated heterocycles. The van der Waals surface area contributed by atoms with Crippen molar-refractivity contribution in [1.29, 1.82) is 0 Å². The van der Waals surface area contributed by atoms with Gasteiger partial charge in [0.05, 0.1) is 16.3 Å². The van der Waals surface area contributed by atoms with Crippen LogP contribution in [-0.2, 0) is 11.2 Å². The standard InChI is InChI=1S/C13H13ClN2O3/c1-3-9-12(19-8(2)17)15-16(13(9)18)11-7-5-4-6-10(11)14/h4-7,15H,3H2,1-2H3. The van der Waals surface area contributed by atoms with Crippen LogP contribution in [0.4, 0.5) is 0 Å². The Labute approximate surface area is 114 Å². The van der Waals surface area contributed by atoms with Crippen molar-refractivity contribution in [3.63, 3.8) is 0 Å². The van der Waals surface area contributed by atoms with E-state index in [0.29, 0.717) is 22.7 Å². The van der Waals surface area contributed by atoms with E-state index in [0.717, 1.165) is 0 Å². The van der Waals surface area contributed by atoms with Crippen LogP contribution >= 0.6 is 11.6 Å². The topological polar surface area (TPSA) is 64.1 Å². The summed E-state index contributed by atoms with van der Waals surface area (Å²) in [6.07, 6.45) is 0.454. The van der Waals surface area contributed by atoms with E-state index in [1.54, 1.807) is 24.3 Å². The second-order valence-corrected chi connectivity index (χ2v) is 4.37. The lowest BCUT2D eigenvalue weighted by molar-refractivity contribution is -0.132. The number of carbonyl (C=O) groups is 1. The average Bonchev–Trinajstić information content (AvgIpc) is 2.65. The van der Waals surface area contributed by atoms with E-state index in [-0.39, 0.29) is 11.4 Å². The van der Waals surface area contributed by atoms with Crippen molar-refractivity contribution >= 4 is 17.6 Å². The molecule has 2 aromatic rings. The van der Waals surface area contributed by atoms with Crippen molar-refractivity contribution in [2.24, 2.45) is 0 Å². The highest BCUT2D eigenvalue weighted by molar-refractivity contribution is 6.32. The Morgan fingerprint density at radius 1 is 1.42 bits per heavy atom. The van der Waals surface area contributed by atoms with Crippen LogP contribution in [0.1, 0.15) is 19.4 Å². The molecule has 0 unspecified atom stereocenters. The average molecular weight is 281 g/mol. The molecule has 5 nitrogen and oxygen atoms in total. The second-order valence-electron chi connectivity index (χ2n) is 3.96. The smallest absolute Gasteiger partial charge is 0.309 e. The Morgan fingerprint density at radius 3 is 2.68 bits per heavy atom. The summed E-state index contributed by atoms with van der Waals surface area (Å²) in [4.78, 5) is 23.3. The van der Waals surface area contributed by atoms with Crippen LogP contribution in [0.25, 0.3) is 5.69 Å². The first-order valence-electron chi connectivity index (χ1n) is 5.81. The van der Waals surface area contributed by atoms with Gasteiger partial charge in [-0.3, -0.25) is 14.7 Å². The van der Waals surface area contributed by atoms with Gasteiger partial charge in [0.1, 0.15) is 0 Å². The molecule has 19 heavy (non-hydrogen) atoms. The first kappa shape index (κ1) is 13.4. The zero-order chi connectivity index (χ0) is 14.0. The lowest BCUT2D eigenvalue weighted by atomic mass is 10.2. The molecule has 0 atom stereocenters. The van der Waals surface area contributed by atoms with Gasteiger partial charge in [-0.05, 0) is 18.6 Å². The van der Waals surface area contributed by atoms with E-state index in [1.807, 2.05) is 6.92 Å². The molecule has 1 N–H and O–H groups in total. The molecule has 0 aliphatic heterocycles. The number of rotatable bonds is 3. The molecular weight excluding hydrogens is 268 g/mol. The minimum absolute atomic E-state index is 0.167. The summed E-state index contributed by atoms with van der Waals surface area (Å²) >= 11 is 6.05. The molecule has 6 heteroatoms. The largest absolute Gasteiger partial charge is 0.408 e. The molecule has 0 amide bonds. The third-order valence-electron chi connectivity index (χ3n) is 2.64. The number of halogens is 1. The molecule has 0 saturated carbocycles. The Kier molecular flexibility index (Phi) is 3.76. The third kappa shape index (κ3) is 2.56. The number of para-hydroxylation sites is 1. The van der Waals surface area contributed by atoms with E-state index in [1.165, 1.54) is 11.6 Å². The van der Waals surface area contributed by atoms with Gasteiger partial charge < -0.3 is 4.74 Å². The Bertz CT molecular complexity index is 673. The fourth-order valence-corrected chi connectivity index (χ4v) is 2.01. The summed E-state index contributed by atoms with van der Waals surface area (Å²) in [6, 6.07) is 6.93. The highest BCUT2D eigenvalue weighted by Gasteiger charge is 2.17. The number of aromatic amines is 1. The molecule has 0 spiro atoms. The number of ether oxygens (including phenoxy) is 1. The Hall–Kier alpha value is -2.01. The number of hydrogen-bond acceptors (Lipinski definition) is 3. The predicted molar refractivity (Wildman–Crippen MR) is 72.1 cm³/mol. The van der Waals surface area contributed by atoms with Crippen LogP contribution in [0.15, 0.2) is 29.1 Å². The molecule has 2 rings (SSSR count). The third-order valence-corrected chi connectivity index (χ3v) is 2.96. The van der Waals surface area contributed by atoms with E-state index in [2.05, 4.69) is 5.10 Å². The SMILES string of the molecule is CCc1c(OC(C)=O)[nH]n(-c2ccccc2Cl)c1=O. The van der Waals surface area contributed by atoms with Crippen molar-refractivity contribution in [3.8, 4) is 11.6 Å². The highest BCUT2D eigenvalue weighted by Crippen LogP contribution is 2.21. The van der Waals surface area contributed by atoms with Crippen LogP contribution in [0.5, 0.6) is 5.88 Å². The number of aromatic nitrogens is 2. The van der Waals surface area contributed by atoms with E-state index < -0.39 is 5.97 Å². The molecular formula is C13H13ClN2O3. The van der Waals surface area contributed by atoms with Crippen molar-refractivity contribution < 1.29 is 9.53 Å². The first-order valence-corrected chi connectivity index (χ1v) is 6.19. The van der Waals surface area contributed by atoms with Gasteiger partial charge in [0.25, 0.3) is 5.56 Å². The van der Waals surface area contributed by atoms with Crippen molar-refractivity contribution in [3.05, 3.63) is 45.2 Å². The fraction of sp³-hybridized carbons (Fsp3) is 0.231. The van der Waals surface area contributed by atoms with Gasteiger partial charge in [0.2, 0.25) is 5.88 Å². The zero-order valence-corrected chi connectivity index (χ0v) is 11.3. The predicted octanol–water partition coefficient (Wildman–Crippen LogP) is 2.31. The molecule has 0 aliphatic carbocycles. The lowest BCUT2D eigenvalue weighted by Crippen LogP contribution is -2.17. The molecule has 1 aromatic carbocycles. The summed E-state index contributed by atoms with van der Waals surface area (Å²) in [5.74, 6) is -0.317. The lowest BCUT2D eigenvalue weighted by Gasteiger charge is -2.03. The van der Waals surface area contributed by atoms with Gasteiger partial charge in [-0.25, -0.2) is 4.68 Å². The van der Waals surface area contributed by atoms with Crippen LogP contribution in [0.3, 0.4) is 0 Å². The first-order chi connectivity index (χ1) is 9.04. The highest BCUT2D eigenvalue weighted by atomic mass is 35.5. The normalized spacial score (nSPS) is 10.5. The number of benzene rings is 1. The number of esters is 1. The van der Waals surface area contributed by atoms with E-state index in [4.69, 9.17) is 16.3 Å². The quantitative estimate of drug-likeness (QED) is 0.878. The molecule has 0 aliphatic rings.